The van der Waals surface area contributed by atoms with Gasteiger partial charge in [-0.1, -0.05) is 31.0 Å². The Morgan fingerprint density at radius 2 is 1.40 bits per heavy atom. The molecule has 0 saturated heterocycles. The van der Waals surface area contributed by atoms with Crippen LogP contribution in [0.1, 0.15) is 82.6 Å². The van der Waals surface area contributed by atoms with Crippen LogP contribution in [0.2, 0.25) is 5.02 Å². The van der Waals surface area contributed by atoms with Crippen molar-refractivity contribution in [3.05, 3.63) is 34.6 Å². The first kappa shape index (κ1) is 17.8. The van der Waals surface area contributed by atoms with E-state index in [0.29, 0.717) is 5.92 Å². The minimum Gasteiger partial charge on any atom is -0.205 e. The van der Waals surface area contributed by atoms with Crippen molar-refractivity contribution in [3.63, 3.8) is 0 Å². The van der Waals surface area contributed by atoms with Gasteiger partial charge in [-0.25, -0.2) is 4.39 Å². The lowest BCUT2D eigenvalue weighted by Crippen LogP contribution is -2.34. The van der Waals surface area contributed by atoms with Gasteiger partial charge in [0.05, 0.1) is 5.02 Å². The van der Waals surface area contributed by atoms with Crippen LogP contribution >= 0.6 is 11.6 Å². The fraction of sp³-hybridized carbons (Fsp3) is 0.739. The minimum atomic E-state index is -0.258. The molecule has 3 saturated carbocycles. The van der Waals surface area contributed by atoms with Gasteiger partial charge < -0.3 is 0 Å². The molecule has 1 aromatic carbocycles. The lowest BCUT2D eigenvalue weighted by Gasteiger charge is -2.45. The van der Waals surface area contributed by atoms with Gasteiger partial charge in [-0.05, 0) is 111 Å². The molecule has 0 nitrogen and oxygen atoms in total. The third-order valence-corrected chi connectivity index (χ3v) is 8.08. The highest BCUT2D eigenvalue weighted by molar-refractivity contribution is 6.30. The van der Waals surface area contributed by atoms with Crippen LogP contribution in [0.25, 0.3) is 0 Å². The molecule has 3 aliphatic rings. The SMILES string of the molecule is CC1CCC2CC(C3CCC(c4ccc(Cl)c(F)c4)CC3)CCC2C1. The molecular formula is C23H32ClF. The Bertz CT molecular complexity index is 590. The number of hydrogen-bond donors (Lipinski definition) is 0. The van der Waals surface area contributed by atoms with E-state index in [4.69, 9.17) is 11.6 Å². The summed E-state index contributed by atoms with van der Waals surface area (Å²) in [6, 6.07) is 5.43. The first-order valence-corrected chi connectivity index (χ1v) is 10.9. The van der Waals surface area contributed by atoms with Crippen molar-refractivity contribution >= 4 is 11.6 Å². The van der Waals surface area contributed by atoms with Gasteiger partial charge in [0.1, 0.15) is 5.82 Å². The molecule has 0 aliphatic heterocycles. The average molecular weight is 363 g/mol. The first-order chi connectivity index (χ1) is 12.1. The Hall–Kier alpha value is -0.560. The Morgan fingerprint density at radius 3 is 2.12 bits per heavy atom. The van der Waals surface area contributed by atoms with Crippen molar-refractivity contribution in [2.45, 2.75) is 77.0 Å². The zero-order chi connectivity index (χ0) is 17.4. The van der Waals surface area contributed by atoms with Gasteiger partial charge in [-0.3, -0.25) is 0 Å². The minimum absolute atomic E-state index is 0.246. The fourth-order valence-electron chi connectivity index (χ4n) is 6.28. The largest absolute Gasteiger partial charge is 0.205 e. The maximum atomic E-state index is 13.8. The molecule has 3 fully saturated rings. The molecule has 0 spiro atoms. The van der Waals surface area contributed by atoms with E-state index in [1.807, 2.05) is 6.07 Å². The molecule has 4 atom stereocenters. The molecule has 0 N–H and O–H groups in total. The van der Waals surface area contributed by atoms with Gasteiger partial charge >= 0.3 is 0 Å². The van der Waals surface area contributed by atoms with Crippen molar-refractivity contribution in [1.82, 2.24) is 0 Å². The fourth-order valence-corrected chi connectivity index (χ4v) is 6.40. The smallest absolute Gasteiger partial charge is 0.142 e. The monoisotopic (exact) mass is 362 g/mol. The number of benzene rings is 1. The molecular weight excluding hydrogens is 331 g/mol. The second-order valence-corrected chi connectivity index (χ2v) is 9.70. The standard InChI is InChI=1S/C23H32ClF/c1-15-2-3-20-13-19(9-8-18(20)12-15)16-4-6-17(7-5-16)21-10-11-22(24)23(25)14-21/h10-11,14-20H,2-9,12-13H2,1H3. The molecule has 1 aromatic rings. The maximum absolute atomic E-state index is 13.8. The van der Waals surface area contributed by atoms with E-state index in [1.165, 1.54) is 64.2 Å². The molecule has 2 heteroatoms. The maximum Gasteiger partial charge on any atom is 0.142 e. The van der Waals surface area contributed by atoms with Gasteiger partial charge in [-0.15, -0.1) is 0 Å². The normalized spacial score (nSPS) is 39.0. The Morgan fingerprint density at radius 1 is 0.800 bits per heavy atom. The van der Waals surface area contributed by atoms with Gasteiger partial charge in [0.25, 0.3) is 0 Å². The van der Waals surface area contributed by atoms with E-state index in [2.05, 4.69) is 6.92 Å². The van der Waals surface area contributed by atoms with Crippen LogP contribution in [-0.4, -0.2) is 0 Å². The van der Waals surface area contributed by atoms with Crippen molar-refractivity contribution in [1.29, 1.82) is 0 Å². The molecule has 3 aliphatic carbocycles. The Kier molecular flexibility index (Phi) is 5.41. The Balaban J connectivity index is 1.32. The van der Waals surface area contributed by atoms with Crippen LogP contribution in [0.15, 0.2) is 18.2 Å². The Labute approximate surface area is 157 Å². The van der Waals surface area contributed by atoms with Gasteiger partial charge in [0.2, 0.25) is 0 Å². The van der Waals surface area contributed by atoms with Crippen LogP contribution < -0.4 is 0 Å². The van der Waals surface area contributed by atoms with E-state index in [9.17, 15) is 4.39 Å². The van der Waals surface area contributed by atoms with Crippen LogP contribution in [0, 0.1) is 35.4 Å². The molecule has 0 aromatic heterocycles. The van der Waals surface area contributed by atoms with Crippen molar-refractivity contribution in [2.24, 2.45) is 29.6 Å². The summed E-state index contributed by atoms with van der Waals surface area (Å²) in [6.45, 7) is 2.45. The third-order valence-electron chi connectivity index (χ3n) is 7.77. The van der Waals surface area contributed by atoms with E-state index < -0.39 is 0 Å². The number of halogens is 2. The van der Waals surface area contributed by atoms with Crippen molar-refractivity contribution in [2.75, 3.05) is 0 Å². The summed E-state index contributed by atoms with van der Waals surface area (Å²) in [6.07, 6.45) is 14.0. The lowest BCUT2D eigenvalue weighted by molar-refractivity contribution is 0.0672. The summed E-state index contributed by atoms with van der Waals surface area (Å²) in [7, 11) is 0. The molecule has 0 radical (unpaired) electrons. The van der Waals surface area contributed by atoms with Crippen LogP contribution in [-0.2, 0) is 0 Å². The second-order valence-electron chi connectivity index (χ2n) is 9.30. The number of hydrogen-bond acceptors (Lipinski definition) is 0. The van der Waals surface area contributed by atoms with Gasteiger partial charge in [0.15, 0.2) is 0 Å². The highest BCUT2D eigenvalue weighted by atomic mass is 35.5. The number of rotatable bonds is 2. The van der Waals surface area contributed by atoms with Crippen molar-refractivity contribution in [3.8, 4) is 0 Å². The predicted molar refractivity (Wildman–Crippen MR) is 103 cm³/mol. The predicted octanol–water partition coefficient (Wildman–Crippen LogP) is 7.61. The highest BCUT2D eigenvalue weighted by Gasteiger charge is 2.38. The zero-order valence-electron chi connectivity index (χ0n) is 15.5. The number of fused-ring (bicyclic) bond motifs is 1. The highest BCUT2D eigenvalue weighted by Crippen LogP contribution is 2.49. The molecule has 4 unspecified atom stereocenters. The molecule has 138 valence electrons. The first-order valence-electron chi connectivity index (χ1n) is 10.5. The summed E-state index contributed by atoms with van der Waals surface area (Å²) in [5, 5.41) is 0.246. The van der Waals surface area contributed by atoms with Gasteiger partial charge in [0, 0.05) is 0 Å². The van der Waals surface area contributed by atoms with Gasteiger partial charge in [-0.2, -0.15) is 0 Å². The van der Waals surface area contributed by atoms with Crippen LogP contribution in [0.5, 0.6) is 0 Å². The molecule has 0 bridgehead atoms. The van der Waals surface area contributed by atoms with E-state index in [-0.39, 0.29) is 10.8 Å². The molecule has 4 rings (SSSR count). The summed E-state index contributed by atoms with van der Waals surface area (Å²) in [4.78, 5) is 0. The summed E-state index contributed by atoms with van der Waals surface area (Å²) in [5.74, 6) is 5.20. The summed E-state index contributed by atoms with van der Waals surface area (Å²) in [5.41, 5.74) is 1.16. The molecule has 0 heterocycles. The second kappa shape index (κ2) is 7.59. The topological polar surface area (TPSA) is 0 Å². The lowest BCUT2D eigenvalue weighted by atomic mass is 9.61. The van der Waals surface area contributed by atoms with Crippen LogP contribution in [0.3, 0.4) is 0 Å². The average Bonchev–Trinajstić information content (AvgIpc) is 2.64. The van der Waals surface area contributed by atoms with E-state index in [1.54, 1.807) is 12.1 Å². The molecule has 0 amide bonds. The van der Waals surface area contributed by atoms with E-state index in [0.717, 1.165) is 35.2 Å². The molecule has 25 heavy (non-hydrogen) atoms. The summed E-state index contributed by atoms with van der Waals surface area (Å²) >= 11 is 5.83. The quantitative estimate of drug-likeness (QED) is 0.507. The van der Waals surface area contributed by atoms with E-state index >= 15 is 0 Å². The van der Waals surface area contributed by atoms with Crippen LogP contribution in [0.4, 0.5) is 4.39 Å². The zero-order valence-corrected chi connectivity index (χ0v) is 16.3. The van der Waals surface area contributed by atoms with Crippen molar-refractivity contribution < 1.29 is 4.39 Å². The summed E-state index contributed by atoms with van der Waals surface area (Å²) < 4.78 is 13.8. The third kappa shape index (κ3) is 3.92.